The Morgan fingerprint density at radius 2 is 1.76 bits per heavy atom. The van der Waals surface area contributed by atoms with Crippen molar-refractivity contribution < 1.29 is 13.3 Å². The van der Waals surface area contributed by atoms with E-state index in [4.69, 9.17) is 10.1 Å². The number of sulfonamides is 1. The number of hydrogen-bond donors (Lipinski definition) is 2. The van der Waals surface area contributed by atoms with E-state index in [9.17, 15) is 18.5 Å². The molecule has 10 nitrogen and oxygen atoms in total. The summed E-state index contributed by atoms with van der Waals surface area (Å²) < 4.78 is 24.8. The minimum Gasteiger partial charge on any atom is -0.334 e. The second-order valence-electron chi connectivity index (χ2n) is 7.96. The highest BCUT2D eigenvalue weighted by Gasteiger charge is 2.21. The Kier molecular flexibility index (Phi) is 5.38. The third-order valence-electron chi connectivity index (χ3n) is 5.25. The summed E-state index contributed by atoms with van der Waals surface area (Å²) in [6, 6.07) is 11.2. The second-order valence-corrected chi connectivity index (χ2v) is 9.53. The van der Waals surface area contributed by atoms with Gasteiger partial charge in [-0.2, -0.15) is 9.78 Å². The van der Waals surface area contributed by atoms with Crippen molar-refractivity contribution in [2.45, 2.75) is 32.6 Å². The number of primary sulfonamides is 1. The smallest absolute Gasteiger partial charge is 0.294 e. The molecule has 0 aliphatic rings. The molecule has 0 saturated heterocycles. The van der Waals surface area contributed by atoms with Gasteiger partial charge in [-0.05, 0) is 63.1 Å². The first-order valence-electron chi connectivity index (χ1n) is 9.98. The molecular formula is C22H22N6O4S. The molecule has 170 valence electrons. The molecule has 2 heterocycles. The Bertz CT molecular complexity index is 1540. The summed E-state index contributed by atoms with van der Waals surface area (Å²) in [6.45, 7) is 7.82. The van der Waals surface area contributed by atoms with Crippen molar-refractivity contribution in [1.82, 2.24) is 14.8 Å². The van der Waals surface area contributed by atoms with Crippen molar-refractivity contribution in [3.8, 4) is 5.82 Å². The fraction of sp³-hybridized carbons (Fsp3) is 0.182. The van der Waals surface area contributed by atoms with Gasteiger partial charge in [-0.1, -0.05) is 11.6 Å². The number of nitro benzene ring substituents is 1. The van der Waals surface area contributed by atoms with Crippen LogP contribution in [0.2, 0.25) is 0 Å². The number of hydrogen-bond acceptors (Lipinski definition) is 7. The average molecular weight is 467 g/mol. The second kappa shape index (κ2) is 7.94. The lowest BCUT2D eigenvalue weighted by Crippen LogP contribution is -2.13. The highest BCUT2D eigenvalue weighted by atomic mass is 32.2. The minimum atomic E-state index is -4.09. The number of nitrogens with two attached hydrogens (primary N) is 1. The largest absolute Gasteiger partial charge is 0.334 e. The fourth-order valence-corrected chi connectivity index (χ4v) is 4.32. The Balaban J connectivity index is 1.84. The Morgan fingerprint density at radius 1 is 1.03 bits per heavy atom. The van der Waals surface area contributed by atoms with Gasteiger partial charge in [0, 0.05) is 17.5 Å². The molecule has 0 unspecified atom stereocenters. The van der Waals surface area contributed by atoms with E-state index >= 15 is 0 Å². The van der Waals surface area contributed by atoms with Crippen LogP contribution in [0.25, 0.3) is 16.7 Å². The molecule has 33 heavy (non-hydrogen) atoms. The van der Waals surface area contributed by atoms with Crippen molar-refractivity contribution >= 4 is 38.1 Å². The lowest BCUT2D eigenvalue weighted by molar-refractivity contribution is -0.384. The maximum absolute atomic E-state index is 11.6. The van der Waals surface area contributed by atoms with Crippen LogP contribution < -0.4 is 10.5 Å². The summed E-state index contributed by atoms with van der Waals surface area (Å²) in [4.78, 5) is 15.4. The molecule has 0 aliphatic heterocycles. The molecule has 0 atom stereocenters. The molecule has 4 aromatic rings. The summed E-state index contributed by atoms with van der Waals surface area (Å²) >= 11 is 0. The van der Waals surface area contributed by atoms with Crippen LogP contribution in [0.3, 0.4) is 0 Å². The molecule has 0 fully saturated rings. The van der Waals surface area contributed by atoms with Crippen molar-refractivity contribution in [2.24, 2.45) is 5.14 Å². The van der Waals surface area contributed by atoms with Gasteiger partial charge in [0.05, 0.1) is 21.0 Å². The van der Waals surface area contributed by atoms with Gasteiger partial charge in [0.15, 0.2) is 5.82 Å². The van der Waals surface area contributed by atoms with Crippen molar-refractivity contribution in [3.05, 3.63) is 75.0 Å². The predicted molar refractivity (Wildman–Crippen MR) is 126 cm³/mol. The van der Waals surface area contributed by atoms with Crippen molar-refractivity contribution in [3.63, 3.8) is 0 Å². The molecular weight excluding hydrogens is 444 g/mol. The number of fused-ring (bicyclic) bond motifs is 1. The first kappa shape index (κ1) is 22.4. The number of aromatic nitrogens is 3. The van der Waals surface area contributed by atoms with E-state index in [1.807, 2.05) is 26.8 Å². The van der Waals surface area contributed by atoms with Crippen LogP contribution in [-0.4, -0.2) is 28.1 Å². The zero-order valence-electron chi connectivity index (χ0n) is 18.4. The minimum absolute atomic E-state index is 0.0952. The number of nitrogens with one attached hydrogen (secondary N) is 1. The Hall–Kier alpha value is -3.83. The molecule has 2 aromatic heterocycles. The van der Waals surface area contributed by atoms with E-state index in [2.05, 4.69) is 22.5 Å². The number of pyridine rings is 1. The maximum atomic E-state index is 11.6. The van der Waals surface area contributed by atoms with E-state index in [1.54, 1.807) is 17.7 Å². The first-order chi connectivity index (χ1) is 15.4. The van der Waals surface area contributed by atoms with E-state index in [0.717, 1.165) is 33.7 Å². The lowest BCUT2D eigenvalue weighted by atomic mass is 10.0. The van der Waals surface area contributed by atoms with Gasteiger partial charge < -0.3 is 5.32 Å². The molecule has 0 spiro atoms. The summed E-state index contributed by atoms with van der Waals surface area (Å²) in [5, 5.41) is 25.3. The first-order valence-corrected chi connectivity index (χ1v) is 11.5. The topological polar surface area (TPSA) is 146 Å². The maximum Gasteiger partial charge on any atom is 0.294 e. The normalized spacial score (nSPS) is 11.7. The van der Waals surface area contributed by atoms with E-state index < -0.39 is 20.6 Å². The van der Waals surface area contributed by atoms with Gasteiger partial charge >= 0.3 is 0 Å². The average Bonchev–Trinajstić information content (AvgIpc) is 3.08. The number of anilines is 2. The van der Waals surface area contributed by atoms with Crippen LogP contribution in [0, 0.1) is 37.8 Å². The summed E-state index contributed by atoms with van der Waals surface area (Å²) in [5.74, 6) is 0.987. The molecule has 0 amide bonds. The molecule has 2 aromatic carbocycles. The van der Waals surface area contributed by atoms with Crippen LogP contribution >= 0.6 is 0 Å². The molecule has 4 rings (SSSR count). The van der Waals surface area contributed by atoms with Crippen LogP contribution in [0.4, 0.5) is 17.2 Å². The highest BCUT2D eigenvalue weighted by molar-refractivity contribution is 7.89. The number of nitro groups is 1. The summed E-state index contributed by atoms with van der Waals surface area (Å²) in [5.41, 5.74) is 4.37. The SMILES string of the molecule is Cc1cc(C)c2nc(-n3nc(C)cc3Nc3ccc(S(N)(=O)=O)cc3[N+](=O)[O-])cc(C)c2c1. The van der Waals surface area contributed by atoms with Gasteiger partial charge in [0.2, 0.25) is 10.0 Å². The third kappa shape index (κ3) is 4.28. The van der Waals surface area contributed by atoms with Gasteiger partial charge in [0.25, 0.3) is 5.69 Å². The number of nitrogens with zero attached hydrogens (tertiary/aromatic N) is 4. The van der Waals surface area contributed by atoms with Gasteiger partial charge in [-0.3, -0.25) is 10.1 Å². The van der Waals surface area contributed by atoms with E-state index in [1.165, 1.54) is 12.1 Å². The monoisotopic (exact) mass is 466 g/mol. The van der Waals surface area contributed by atoms with Crippen LogP contribution in [0.15, 0.2) is 47.4 Å². The fourth-order valence-electron chi connectivity index (χ4n) is 3.78. The highest BCUT2D eigenvalue weighted by Crippen LogP contribution is 2.32. The third-order valence-corrected chi connectivity index (χ3v) is 6.16. The standard InChI is InChI=1S/C22H22N6O4S/c1-12-7-14(3)22-17(8-12)13(2)9-20(25-22)27-21(10-15(4)26-27)24-18-6-5-16(33(23,31)32)11-19(18)28(29)30/h5-11,24H,1-4H3,(H2,23,31,32). The molecule has 3 N–H and O–H groups in total. The van der Waals surface area contributed by atoms with Gasteiger partial charge in [-0.15, -0.1) is 0 Å². The molecule has 0 saturated carbocycles. The number of rotatable bonds is 5. The lowest BCUT2D eigenvalue weighted by Gasteiger charge is -2.13. The van der Waals surface area contributed by atoms with E-state index in [-0.39, 0.29) is 10.6 Å². The zero-order chi connectivity index (χ0) is 24.1. The zero-order valence-corrected chi connectivity index (χ0v) is 19.3. The van der Waals surface area contributed by atoms with Crippen LogP contribution in [0.1, 0.15) is 22.4 Å². The van der Waals surface area contributed by atoms with E-state index in [0.29, 0.717) is 17.3 Å². The van der Waals surface area contributed by atoms with Crippen LogP contribution in [0.5, 0.6) is 0 Å². The predicted octanol–water partition coefficient (Wildman–Crippen LogP) is 3.95. The Labute approximate surface area is 190 Å². The molecule has 0 bridgehead atoms. The van der Waals surface area contributed by atoms with Crippen molar-refractivity contribution in [1.29, 1.82) is 0 Å². The van der Waals surface area contributed by atoms with Gasteiger partial charge in [0.1, 0.15) is 11.5 Å². The summed E-state index contributed by atoms with van der Waals surface area (Å²) in [7, 11) is -4.09. The number of benzene rings is 2. The summed E-state index contributed by atoms with van der Waals surface area (Å²) in [6.07, 6.45) is 0. The van der Waals surface area contributed by atoms with Crippen LogP contribution in [-0.2, 0) is 10.0 Å². The molecule has 0 aliphatic carbocycles. The Morgan fingerprint density at radius 3 is 2.42 bits per heavy atom. The quantitative estimate of drug-likeness (QED) is 0.334. The molecule has 0 radical (unpaired) electrons. The van der Waals surface area contributed by atoms with Gasteiger partial charge in [-0.25, -0.2) is 18.5 Å². The number of aryl methyl sites for hydroxylation is 4. The molecule has 11 heteroatoms. The van der Waals surface area contributed by atoms with Crippen molar-refractivity contribution in [2.75, 3.05) is 5.32 Å².